The minimum absolute atomic E-state index is 0.0632. The topological polar surface area (TPSA) is 59.6 Å². The van der Waals surface area contributed by atoms with E-state index in [2.05, 4.69) is 22.1 Å². The molecule has 0 unspecified atom stereocenters. The van der Waals surface area contributed by atoms with E-state index in [0.29, 0.717) is 13.2 Å². The molecule has 1 aliphatic heterocycles. The van der Waals surface area contributed by atoms with Gasteiger partial charge in [-0.15, -0.1) is 11.3 Å². The van der Waals surface area contributed by atoms with Crippen LogP contribution in [0, 0.1) is 0 Å². The molecule has 1 saturated heterocycles. The van der Waals surface area contributed by atoms with Gasteiger partial charge >= 0.3 is 6.03 Å². The highest BCUT2D eigenvalue weighted by molar-refractivity contribution is 7.09. The Morgan fingerprint density at radius 3 is 3.18 bits per heavy atom. The Morgan fingerprint density at radius 2 is 2.50 bits per heavy atom. The van der Waals surface area contributed by atoms with Crippen LogP contribution in [0.4, 0.5) is 4.79 Å². The monoisotopic (exact) mass is 324 g/mol. The van der Waals surface area contributed by atoms with Gasteiger partial charge in [0.05, 0.1) is 12.1 Å². The van der Waals surface area contributed by atoms with Crippen LogP contribution in [0.3, 0.4) is 0 Å². The van der Waals surface area contributed by atoms with Gasteiger partial charge in [0.2, 0.25) is 0 Å². The minimum Gasteiger partial charge on any atom is -0.375 e. The van der Waals surface area contributed by atoms with E-state index in [9.17, 15) is 4.79 Å². The lowest BCUT2D eigenvalue weighted by Gasteiger charge is -2.52. The summed E-state index contributed by atoms with van der Waals surface area (Å²) in [5.74, 6) is 0. The first-order chi connectivity index (χ1) is 10.7. The highest BCUT2D eigenvalue weighted by atomic mass is 32.1. The van der Waals surface area contributed by atoms with E-state index in [1.54, 1.807) is 11.3 Å². The first-order valence-corrected chi connectivity index (χ1v) is 8.95. The molecule has 1 saturated carbocycles. The first kappa shape index (κ1) is 15.8. The minimum atomic E-state index is -0.291. The van der Waals surface area contributed by atoms with E-state index < -0.39 is 0 Å². The third kappa shape index (κ3) is 3.14. The Labute approximate surface area is 135 Å². The summed E-state index contributed by atoms with van der Waals surface area (Å²) in [7, 11) is 0. The molecule has 1 aliphatic carbocycles. The molecule has 2 fully saturated rings. The zero-order valence-electron chi connectivity index (χ0n) is 13.0. The Hall–Kier alpha value is -1.11. The fourth-order valence-electron chi connectivity index (χ4n) is 3.44. The quantitative estimate of drug-likeness (QED) is 0.844. The average Bonchev–Trinajstić information content (AvgIpc) is 3.19. The van der Waals surface area contributed by atoms with Crippen LogP contribution in [-0.4, -0.2) is 43.5 Å². The summed E-state index contributed by atoms with van der Waals surface area (Å²) in [6, 6.07) is 4.08. The standard InChI is InChI=1S/C16H24N2O3S/c1-2-20-14-11-13(16(14)7-4-9-21-16)18-15(19)17-8-6-12-5-3-10-22-12/h3,5,10,13-14H,2,4,6-9,11H2,1H3,(H2,17,18,19)/t13-,14-,16+/m1/s1. The average molecular weight is 324 g/mol. The molecule has 22 heavy (non-hydrogen) atoms. The molecule has 2 heterocycles. The zero-order chi connectivity index (χ0) is 15.4. The van der Waals surface area contributed by atoms with Crippen LogP contribution in [0.25, 0.3) is 0 Å². The van der Waals surface area contributed by atoms with E-state index in [4.69, 9.17) is 9.47 Å². The summed E-state index contributed by atoms with van der Waals surface area (Å²) < 4.78 is 11.7. The van der Waals surface area contributed by atoms with E-state index in [0.717, 1.165) is 32.3 Å². The first-order valence-electron chi connectivity index (χ1n) is 8.07. The number of carbonyl (C=O) groups excluding carboxylic acids is 1. The van der Waals surface area contributed by atoms with Crippen LogP contribution in [-0.2, 0) is 15.9 Å². The van der Waals surface area contributed by atoms with Gasteiger partial charge < -0.3 is 20.1 Å². The second kappa shape index (κ2) is 6.98. The smallest absolute Gasteiger partial charge is 0.315 e. The van der Waals surface area contributed by atoms with Gasteiger partial charge in [-0.1, -0.05) is 6.07 Å². The van der Waals surface area contributed by atoms with Crippen molar-refractivity contribution in [2.45, 2.75) is 50.4 Å². The highest BCUT2D eigenvalue weighted by Crippen LogP contribution is 2.45. The van der Waals surface area contributed by atoms with Crippen LogP contribution >= 0.6 is 11.3 Å². The number of carbonyl (C=O) groups is 1. The predicted molar refractivity (Wildman–Crippen MR) is 86.3 cm³/mol. The van der Waals surface area contributed by atoms with E-state index in [1.807, 2.05) is 13.0 Å². The number of hydrogen-bond donors (Lipinski definition) is 2. The molecular weight excluding hydrogens is 300 g/mol. The van der Waals surface area contributed by atoms with Crippen molar-refractivity contribution in [2.24, 2.45) is 0 Å². The maximum absolute atomic E-state index is 12.1. The van der Waals surface area contributed by atoms with Gasteiger partial charge in [-0.2, -0.15) is 0 Å². The van der Waals surface area contributed by atoms with Crippen LogP contribution in [0.1, 0.15) is 31.1 Å². The molecule has 0 radical (unpaired) electrons. The van der Waals surface area contributed by atoms with Crippen LogP contribution in [0.15, 0.2) is 17.5 Å². The normalized spacial score (nSPS) is 30.2. The number of amides is 2. The highest BCUT2D eigenvalue weighted by Gasteiger charge is 2.59. The largest absolute Gasteiger partial charge is 0.375 e. The lowest BCUT2D eigenvalue weighted by molar-refractivity contribution is -0.194. The number of hydrogen-bond acceptors (Lipinski definition) is 4. The van der Waals surface area contributed by atoms with Gasteiger partial charge in [0.25, 0.3) is 0 Å². The van der Waals surface area contributed by atoms with Gasteiger partial charge in [0.15, 0.2) is 0 Å². The molecule has 1 spiro atoms. The molecule has 2 aliphatic rings. The van der Waals surface area contributed by atoms with Crippen molar-refractivity contribution >= 4 is 17.4 Å². The van der Waals surface area contributed by atoms with Crippen molar-refractivity contribution in [1.29, 1.82) is 0 Å². The van der Waals surface area contributed by atoms with Gasteiger partial charge in [-0.05, 0) is 44.1 Å². The van der Waals surface area contributed by atoms with Crippen molar-refractivity contribution in [3.63, 3.8) is 0 Å². The van der Waals surface area contributed by atoms with Crippen molar-refractivity contribution < 1.29 is 14.3 Å². The molecule has 1 aromatic rings. The molecular formula is C16H24N2O3S. The molecule has 1 aromatic heterocycles. The second-order valence-corrected chi connectivity index (χ2v) is 6.90. The van der Waals surface area contributed by atoms with E-state index >= 15 is 0 Å². The maximum atomic E-state index is 12.1. The Balaban J connectivity index is 1.45. The van der Waals surface area contributed by atoms with E-state index in [1.165, 1.54) is 4.88 Å². The molecule has 0 aromatic carbocycles. The zero-order valence-corrected chi connectivity index (χ0v) is 13.8. The lowest BCUT2D eigenvalue weighted by atomic mass is 9.70. The van der Waals surface area contributed by atoms with Crippen molar-refractivity contribution in [3.8, 4) is 0 Å². The molecule has 2 N–H and O–H groups in total. The molecule has 3 atom stereocenters. The Kier molecular flexibility index (Phi) is 5.00. The number of urea groups is 1. The SMILES string of the molecule is CCO[C@@H]1C[C@@H](NC(=O)NCCc2cccs2)[C@@]12CCCO2. The summed E-state index contributed by atoms with van der Waals surface area (Å²) in [6.07, 6.45) is 3.85. The predicted octanol–water partition coefficient (Wildman–Crippen LogP) is 2.32. The summed E-state index contributed by atoms with van der Waals surface area (Å²) >= 11 is 1.72. The van der Waals surface area contributed by atoms with Gasteiger partial charge in [-0.25, -0.2) is 4.79 Å². The van der Waals surface area contributed by atoms with Gasteiger partial charge in [0.1, 0.15) is 5.60 Å². The van der Waals surface area contributed by atoms with Crippen molar-refractivity contribution in [1.82, 2.24) is 10.6 Å². The molecule has 6 heteroatoms. The van der Waals surface area contributed by atoms with Crippen LogP contribution in [0.5, 0.6) is 0 Å². The van der Waals surface area contributed by atoms with E-state index in [-0.39, 0.29) is 23.8 Å². The summed E-state index contributed by atoms with van der Waals surface area (Å²) in [5, 5.41) is 8.05. The lowest BCUT2D eigenvalue weighted by Crippen LogP contribution is -2.70. The van der Waals surface area contributed by atoms with Gasteiger partial charge in [0, 0.05) is 24.6 Å². The van der Waals surface area contributed by atoms with Gasteiger partial charge in [-0.3, -0.25) is 0 Å². The Morgan fingerprint density at radius 1 is 1.59 bits per heavy atom. The third-order valence-corrected chi connectivity index (χ3v) is 5.51. The van der Waals surface area contributed by atoms with Crippen LogP contribution in [0.2, 0.25) is 0 Å². The Bertz CT molecular complexity index is 486. The number of nitrogens with one attached hydrogen (secondary N) is 2. The number of ether oxygens (including phenoxy) is 2. The molecule has 0 bridgehead atoms. The molecule has 3 rings (SSSR count). The third-order valence-electron chi connectivity index (χ3n) is 4.58. The second-order valence-electron chi connectivity index (χ2n) is 5.87. The molecule has 122 valence electrons. The fraction of sp³-hybridized carbons (Fsp3) is 0.688. The molecule has 5 nitrogen and oxygen atoms in total. The maximum Gasteiger partial charge on any atom is 0.315 e. The number of rotatable bonds is 6. The summed E-state index contributed by atoms with van der Waals surface area (Å²) in [6.45, 7) is 4.11. The van der Waals surface area contributed by atoms with Crippen LogP contribution < -0.4 is 10.6 Å². The summed E-state index contributed by atoms with van der Waals surface area (Å²) in [4.78, 5) is 13.4. The van der Waals surface area contributed by atoms with Crippen molar-refractivity contribution in [3.05, 3.63) is 22.4 Å². The molecule has 2 amide bonds. The summed E-state index contributed by atoms with van der Waals surface area (Å²) in [5.41, 5.74) is -0.291. The fourth-order valence-corrected chi connectivity index (χ4v) is 4.15. The number of thiophene rings is 1. The van der Waals surface area contributed by atoms with Crippen molar-refractivity contribution in [2.75, 3.05) is 19.8 Å².